The molecule has 0 aliphatic carbocycles. The summed E-state index contributed by atoms with van der Waals surface area (Å²) < 4.78 is 5.40. The zero-order valence-electron chi connectivity index (χ0n) is 10.7. The van der Waals surface area contributed by atoms with Gasteiger partial charge in [0.25, 0.3) is 0 Å². The van der Waals surface area contributed by atoms with E-state index in [9.17, 15) is 5.11 Å². The summed E-state index contributed by atoms with van der Waals surface area (Å²) in [7, 11) is 1.68. The van der Waals surface area contributed by atoms with Crippen LogP contribution in [-0.2, 0) is 4.74 Å². The Labute approximate surface area is 93.5 Å². The third-order valence-corrected chi connectivity index (χ3v) is 3.62. The molecule has 0 aromatic rings. The van der Waals surface area contributed by atoms with Gasteiger partial charge in [-0.2, -0.15) is 0 Å². The maximum absolute atomic E-state index is 9.92. The van der Waals surface area contributed by atoms with E-state index in [4.69, 9.17) is 9.84 Å². The summed E-state index contributed by atoms with van der Waals surface area (Å²) in [4.78, 5) is 0. The molecule has 1 atom stereocenters. The zero-order chi connectivity index (χ0) is 12.1. The molecular formula is C12H26O3. The number of rotatable bonds is 7. The van der Waals surface area contributed by atoms with Gasteiger partial charge in [0.1, 0.15) is 0 Å². The topological polar surface area (TPSA) is 49.7 Å². The van der Waals surface area contributed by atoms with Crippen LogP contribution < -0.4 is 0 Å². The third-order valence-electron chi connectivity index (χ3n) is 3.62. The second-order valence-corrected chi connectivity index (χ2v) is 4.91. The average Bonchev–Trinajstić information content (AvgIpc) is 2.25. The summed E-state index contributed by atoms with van der Waals surface area (Å²) in [6.07, 6.45) is 1.78. The molecule has 0 spiro atoms. The lowest BCUT2D eigenvalue weighted by Gasteiger charge is -2.41. The van der Waals surface area contributed by atoms with Gasteiger partial charge in [-0.25, -0.2) is 0 Å². The Balaban J connectivity index is 4.78. The molecule has 0 saturated carbocycles. The number of ether oxygens (including phenoxy) is 1. The highest BCUT2D eigenvalue weighted by Gasteiger charge is 2.39. The Morgan fingerprint density at radius 1 is 1.20 bits per heavy atom. The monoisotopic (exact) mass is 218 g/mol. The van der Waals surface area contributed by atoms with Crippen LogP contribution in [0.5, 0.6) is 0 Å². The average molecular weight is 218 g/mol. The smallest absolute Gasteiger partial charge is 0.0827 e. The Hall–Kier alpha value is -0.120. The van der Waals surface area contributed by atoms with Crippen molar-refractivity contribution >= 4 is 0 Å². The van der Waals surface area contributed by atoms with Gasteiger partial charge in [-0.15, -0.1) is 0 Å². The molecule has 0 aliphatic rings. The summed E-state index contributed by atoms with van der Waals surface area (Å²) in [6.45, 7) is 7.94. The first-order chi connectivity index (χ1) is 6.87. The molecule has 92 valence electrons. The van der Waals surface area contributed by atoms with Crippen molar-refractivity contribution in [2.45, 2.75) is 58.7 Å². The van der Waals surface area contributed by atoms with Crippen molar-refractivity contribution in [3.8, 4) is 0 Å². The minimum Gasteiger partial charge on any atom is -0.394 e. The second-order valence-electron chi connectivity index (χ2n) is 4.91. The van der Waals surface area contributed by atoms with Gasteiger partial charge >= 0.3 is 0 Å². The minimum absolute atomic E-state index is 0.179. The standard InChI is InChI=1S/C12H26O3/c1-6-12(7-2,10(14)8-13)9-11(3,4)15-5/h10,13-14H,6-9H2,1-5H3. The van der Waals surface area contributed by atoms with E-state index in [0.29, 0.717) is 0 Å². The third kappa shape index (κ3) is 3.74. The van der Waals surface area contributed by atoms with E-state index in [1.165, 1.54) is 0 Å². The van der Waals surface area contributed by atoms with E-state index in [1.54, 1.807) is 7.11 Å². The first kappa shape index (κ1) is 14.9. The SMILES string of the molecule is CCC(CC)(CC(C)(C)OC)C(O)CO. The molecule has 0 bridgehead atoms. The van der Waals surface area contributed by atoms with E-state index in [2.05, 4.69) is 0 Å². The van der Waals surface area contributed by atoms with Gasteiger partial charge in [0, 0.05) is 12.5 Å². The van der Waals surface area contributed by atoms with Crippen molar-refractivity contribution in [2.24, 2.45) is 5.41 Å². The van der Waals surface area contributed by atoms with E-state index in [-0.39, 0.29) is 17.6 Å². The highest BCUT2D eigenvalue weighted by atomic mass is 16.5. The predicted octanol–water partition coefficient (Wildman–Crippen LogP) is 1.96. The summed E-state index contributed by atoms with van der Waals surface area (Å²) >= 11 is 0. The maximum atomic E-state index is 9.92. The lowest BCUT2D eigenvalue weighted by molar-refractivity contribution is -0.0836. The predicted molar refractivity (Wildman–Crippen MR) is 61.8 cm³/mol. The van der Waals surface area contributed by atoms with Crippen LogP contribution in [0.4, 0.5) is 0 Å². The Kier molecular flexibility index (Phi) is 5.78. The summed E-state index contributed by atoms with van der Waals surface area (Å²) in [5.41, 5.74) is -0.504. The highest BCUT2D eigenvalue weighted by Crippen LogP contribution is 2.39. The van der Waals surface area contributed by atoms with Gasteiger partial charge in [-0.1, -0.05) is 13.8 Å². The van der Waals surface area contributed by atoms with Crippen molar-refractivity contribution in [1.29, 1.82) is 0 Å². The van der Waals surface area contributed by atoms with E-state index in [0.717, 1.165) is 19.3 Å². The van der Waals surface area contributed by atoms with Crippen LogP contribution in [0.3, 0.4) is 0 Å². The first-order valence-corrected chi connectivity index (χ1v) is 5.71. The van der Waals surface area contributed by atoms with Gasteiger partial charge in [-0.3, -0.25) is 0 Å². The number of methoxy groups -OCH3 is 1. The lowest BCUT2D eigenvalue weighted by atomic mass is 9.70. The van der Waals surface area contributed by atoms with Crippen molar-refractivity contribution in [1.82, 2.24) is 0 Å². The largest absolute Gasteiger partial charge is 0.394 e. The number of hydrogen-bond acceptors (Lipinski definition) is 3. The molecule has 0 fully saturated rings. The van der Waals surface area contributed by atoms with Crippen molar-refractivity contribution in [3.05, 3.63) is 0 Å². The lowest BCUT2D eigenvalue weighted by Crippen LogP contribution is -2.43. The fourth-order valence-electron chi connectivity index (χ4n) is 2.20. The highest BCUT2D eigenvalue weighted by molar-refractivity contribution is 4.89. The molecular weight excluding hydrogens is 192 g/mol. The number of aliphatic hydroxyl groups is 2. The summed E-state index contributed by atoms with van der Waals surface area (Å²) in [5, 5.41) is 19.0. The van der Waals surface area contributed by atoms with Gasteiger partial charge in [0.05, 0.1) is 18.3 Å². The molecule has 0 amide bonds. The van der Waals surface area contributed by atoms with Gasteiger partial charge in [-0.05, 0) is 33.1 Å². The first-order valence-electron chi connectivity index (χ1n) is 5.71. The van der Waals surface area contributed by atoms with E-state index >= 15 is 0 Å². The molecule has 2 N–H and O–H groups in total. The molecule has 0 radical (unpaired) electrons. The molecule has 1 unspecified atom stereocenters. The van der Waals surface area contributed by atoms with Crippen LogP contribution in [0.1, 0.15) is 47.0 Å². The van der Waals surface area contributed by atoms with Gasteiger partial charge < -0.3 is 14.9 Å². The molecule has 0 rings (SSSR count). The molecule has 3 nitrogen and oxygen atoms in total. The summed E-state index contributed by atoms with van der Waals surface area (Å²) in [6, 6.07) is 0. The molecule has 0 heterocycles. The van der Waals surface area contributed by atoms with Crippen LogP contribution in [-0.4, -0.2) is 35.6 Å². The fourth-order valence-corrected chi connectivity index (χ4v) is 2.20. The fraction of sp³-hybridized carbons (Fsp3) is 1.00. The molecule has 0 saturated heterocycles. The van der Waals surface area contributed by atoms with Crippen molar-refractivity contribution in [3.63, 3.8) is 0 Å². The Morgan fingerprint density at radius 3 is 1.93 bits per heavy atom. The van der Waals surface area contributed by atoms with Crippen LogP contribution in [0.2, 0.25) is 0 Å². The molecule has 0 aromatic carbocycles. The van der Waals surface area contributed by atoms with E-state index < -0.39 is 6.10 Å². The Bertz CT molecular complexity index is 174. The summed E-state index contributed by atoms with van der Waals surface area (Å²) in [5.74, 6) is 0. The second kappa shape index (κ2) is 5.83. The number of hydrogen-bond donors (Lipinski definition) is 2. The Morgan fingerprint density at radius 2 is 1.67 bits per heavy atom. The van der Waals surface area contributed by atoms with Gasteiger partial charge in [0.15, 0.2) is 0 Å². The van der Waals surface area contributed by atoms with E-state index in [1.807, 2.05) is 27.7 Å². The quantitative estimate of drug-likeness (QED) is 0.687. The number of aliphatic hydroxyl groups excluding tert-OH is 2. The zero-order valence-corrected chi connectivity index (χ0v) is 10.7. The van der Waals surface area contributed by atoms with Crippen LogP contribution in [0.25, 0.3) is 0 Å². The van der Waals surface area contributed by atoms with Crippen molar-refractivity contribution < 1.29 is 14.9 Å². The van der Waals surface area contributed by atoms with Crippen LogP contribution in [0, 0.1) is 5.41 Å². The normalized spacial score (nSPS) is 15.4. The molecule has 15 heavy (non-hydrogen) atoms. The van der Waals surface area contributed by atoms with Gasteiger partial charge in [0.2, 0.25) is 0 Å². The molecule has 0 aromatic heterocycles. The van der Waals surface area contributed by atoms with Crippen LogP contribution >= 0.6 is 0 Å². The molecule has 3 heteroatoms. The minimum atomic E-state index is -0.665. The maximum Gasteiger partial charge on any atom is 0.0827 e. The van der Waals surface area contributed by atoms with Crippen LogP contribution in [0.15, 0.2) is 0 Å². The molecule has 0 aliphatic heterocycles. The van der Waals surface area contributed by atoms with Crippen molar-refractivity contribution in [2.75, 3.05) is 13.7 Å².